The highest BCUT2D eigenvalue weighted by Crippen LogP contribution is 2.16. The number of benzene rings is 4. The van der Waals surface area contributed by atoms with Crippen LogP contribution >= 0.6 is 0 Å². The molecule has 0 atom stereocenters. The molecule has 0 bridgehead atoms. The van der Waals surface area contributed by atoms with Crippen molar-refractivity contribution in [1.29, 1.82) is 0 Å². The van der Waals surface area contributed by atoms with Gasteiger partial charge in [-0.2, -0.15) is 0 Å². The van der Waals surface area contributed by atoms with Gasteiger partial charge in [0.2, 0.25) is 11.8 Å². The van der Waals surface area contributed by atoms with Crippen molar-refractivity contribution < 1.29 is 19.1 Å². The molecule has 0 radical (unpaired) electrons. The molecule has 10 heteroatoms. The lowest BCUT2D eigenvalue weighted by Crippen LogP contribution is -2.41. The minimum absolute atomic E-state index is 0.0806. The minimum atomic E-state index is -0.0806. The van der Waals surface area contributed by atoms with E-state index in [1.807, 2.05) is 97.1 Å². The molecule has 7 rings (SSSR count). The first-order chi connectivity index (χ1) is 23.6. The van der Waals surface area contributed by atoms with E-state index in [-0.39, 0.29) is 11.8 Å². The summed E-state index contributed by atoms with van der Waals surface area (Å²) in [6.45, 7) is 6.07. The van der Waals surface area contributed by atoms with Crippen molar-refractivity contribution in [2.24, 2.45) is 9.98 Å². The van der Waals surface area contributed by atoms with E-state index in [1.165, 1.54) is 0 Å². The van der Waals surface area contributed by atoms with Gasteiger partial charge < -0.3 is 20.1 Å². The Morgan fingerprint density at radius 2 is 0.958 bits per heavy atom. The van der Waals surface area contributed by atoms with Gasteiger partial charge in [0, 0.05) is 59.1 Å². The van der Waals surface area contributed by atoms with Crippen molar-refractivity contribution in [2.45, 2.75) is 0 Å². The summed E-state index contributed by atoms with van der Waals surface area (Å²) in [6, 6.07) is 31.5. The number of ether oxygens (including phenoxy) is 2. The van der Waals surface area contributed by atoms with Crippen LogP contribution in [0.3, 0.4) is 0 Å². The van der Waals surface area contributed by atoms with Gasteiger partial charge in [-0.1, -0.05) is 60.7 Å². The monoisotopic (exact) mass is 642 g/mol. The normalized spacial score (nSPS) is 20.4. The first-order valence-electron chi connectivity index (χ1n) is 16.4. The third-order valence-corrected chi connectivity index (χ3v) is 8.57. The maximum atomic E-state index is 13.1. The van der Waals surface area contributed by atoms with Crippen molar-refractivity contribution in [3.63, 3.8) is 0 Å². The second-order valence-electron chi connectivity index (χ2n) is 12.0. The Hall–Kier alpha value is -5.00. The number of carbonyl (C=O) groups excluding carboxylic acids is 2. The number of hydrogen-bond donors (Lipinski definition) is 2. The largest absolute Gasteiger partial charge is 0.379 e. The molecule has 0 aromatic heterocycles. The van der Waals surface area contributed by atoms with Gasteiger partial charge in [-0.05, 0) is 36.4 Å². The fourth-order valence-electron chi connectivity index (χ4n) is 6.12. The zero-order chi connectivity index (χ0) is 32.7. The lowest BCUT2D eigenvalue weighted by molar-refractivity contribution is -0.119. The first kappa shape index (κ1) is 31.6. The number of carbonyl (C=O) groups is 2. The van der Waals surface area contributed by atoms with E-state index in [0.717, 1.165) is 69.9 Å². The lowest BCUT2D eigenvalue weighted by Gasteiger charge is -2.25. The fourth-order valence-corrected chi connectivity index (χ4v) is 6.12. The summed E-state index contributed by atoms with van der Waals surface area (Å²) in [5, 5.41) is 9.21. The summed E-state index contributed by atoms with van der Waals surface area (Å²) in [5.74, 6) is -0.161. The molecular formula is C38H38N6O4. The number of amides is 2. The molecule has 4 aromatic rings. The van der Waals surface area contributed by atoms with Crippen molar-refractivity contribution in [3.05, 3.63) is 129 Å². The van der Waals surface area contributed by atoms with Gasteiger partial charge in [-0.3, -0.25) is 19.4 Å². The molecular weight excluding hydrogens is 604 g/mol. The third-order valence-electron chi connectivity index (χ3n) is 8.57. The molecule has 244 valence electrons. The highest BCUT2D eigenvalue weighted by molar-refractivity contribution is 5.93. The number of anilines is 2. The molecule has 2 amide bonds. The Morgan fingerprint density at radius 3 is 1.35 bits per heavy atom. The molecule has 4 aromatic carbocycles. The summed E-state index contributed by atoms with van der Waals surface area (Å²) in [4.78, 5) is 40.9. The molecule has 3 heterocycles. The SMILES string of the molecule is O=C(CN1CCOCC1)Nc1ccc2/c(c1)=C(c1ccccc1)\N=c1/ccc(NC(=O)CN3CCOCC3)c/c1=C(c1ccccc1)/N=2. The topological polar surface area (TPSA) is 108 Å². The maximum absolute atomic E-state index is 13.1. The molecule has 2 fully saturated rings. The molecule has 48 heavy (non-hydrogen) atoms. The average molecular weight is 643 g/mol. The maximum Gasteiger partial charge on any atom is 0.238 e. The van der Waals surface area contributed by atoms with Gasteiger partial charge in [-0.25, -0.2) is 9.98 Å². The Kier molecular flexibility index (Phi) is 9.76. The molecule has 10 nitrogen and oxygen atoms in total. The smallest absolute Gasteiger partial charge is 0.238 e. The Morgan fingerprint density at radius 1 is 0.562 bits per heavy atom. The summed E-state index contributed by atoms with van der Waals surface area (Å²) in [5.41, 5.74) is 4.65. The molecule has 0 spiro atoms. The van der Waals surface area contributed by atoms with Gasteiger partial charge in [-0.15, -0.1) is 0 Å². The van der Waals surface area contributed by atoms with E-state index >= 15 is 0 Å². The van der Waals surface area contributed by atoms with E-state index in [2.05, 4.69) is 20.4 Å². The highest BCUT2D eigenvalue weighted by atomic mass is 16.5. The van der Waals surface area contributed by atoms with E-state index in [1.54, 1.807) is 0 Å². The summed E-state index contributed by atoms with van der Waals surface area (Å²) >= 11 is 0. The zero-order valence-electron chi connectivity index (χ0n) is 26.7. The van der Waals surface area contributed by atoms with Gasteiger partial charge in [0.15, 0.2) is 0 Å². The van der Waals surface area contributed by atoms with Crippen LogP contribution in [0.1, 0.15) is 11.1 Å². The van der Waals surface area contributed by atoms with Gasteiger partial charge >= 0.3 is 0 Å². The van der Waals surface area contributed by atoms with E-state index in [9.17, 15) is 9.59 Å². The molecule has 3 aliphatic heterocycles. The van der Waals surface area contributed by atoms with Crippen LogP contribution in [0.4, 0.5) is 11.4 Å². The van der Waals surface area contributed by atoms with Gasteiger partial charge in [0.05, 0.1) is 61.6 Å². The molecule has 0 aliphatic carbocycles. The predicted octanol–water partition coefficient (Wildman–Crippen LogP) is 1.49. The van der Waals surface area contributed by atoms with E-state index < -0.39 is 0 Å². The van der Waals surface area contributed by atoms with Crippen LogP contribution in [0.5, 0.6) is 0 Å². The average Bonchev–Trinajstić information content (AvgIpc) is 3.11. The number of morpholine rings is 2. The number of nitrogens with zero attached hydrogens (tertiary/aromatic N) is 4. The van der Waals surface area contributed by atoms with Crippen molar-refractivity contribution in [1.82, 2.24) is 9.80 Å². The first-order valence-corrected chi connectivity index (χ1v) is 16.4. The summed E-state index contributed by atoms with van der Waals surface area (Å²) in [7, 11) is 0. The van der Waals surface area contributed by atoms with Gasteiger partial charge in [0.25, 0.3) is 0 Å². The summed E-state index contributed by atoms with van der Waals surface area (Å²) < 4.78 is 10.9. The standard InChI is InChI=1S/C38H38N6O4/c45-35(25-43-15-19-47-20-16-43)39-29-11-13-33-31(23-29)37(27-7-3-1-4-8-27)41-34-14-12-30(40-36(46)26-44-17-21-48-22-18-44)24-32(34)38(42-33)28-9-5-2-6-10-28/h1-14,23-24H,15-22,25-26H2,(H,39,45)(H,40,46)/b37-31-,38-32-,41-34+,41-37?,42-33+,42-38?. The van der Waals surface area contributed by atoms with Crippen LogP contribution in [0.25, 0.3) is 11.4 Å². The van der Waals surface area contributed by atoms with Crippen LogP contribution < -0.4 is 31.8 Å². The Labute approximate surface area is 278 Å². The predicted molar refractivity (Wildman–Crippen MR) is 184 cm³/mol. The van der Waals surface area contributed by atoms with Crippen LogP contribution in [0.2, 0.25) is 0 Å². The fraction of sp³-hybridized carbons (Fsp3) is 0.263. The van der Waals surface area contributed by atoms with Crippen LogP contribution in [-0.4, -0.2) is 87.3 Å². The Balaban J connectivity index is 1.34. The van der Waals surface area contributed by atoms with Crippen molar-refractivity contribution in [2.75, 3.05) is 76.3 Å². The minimum Gasteiger partial charge on any atom is -0.379 e. The number of nitrogens with one attached hydrogen (secondary N) is 2. The number of fused-ring (bicyclic) bond motifs is 2. The van der Waals surface area contributed by atoms with Crippen LogP contribution in [0, 0.1) is 0 Å². The molecule has 2 N–H and O–H groups in total. The van der Waals surface area contributed by atoms with E-state index in [0.29, 0.717) is 50.9 Å². The second-order valence-corrected chi connectivity index (χ2v) is 12.0. The molecule has 3 aliphatic rings. The number of rotatable bonds is 8. The lowest BCUT2D eigenvalue weighted by atomic mass is 10.1. The zero-order valence-corrected chi connectivity index (χ0v) is 26.7. The third kappa shape index (κ3) is 7.58. The highest BCUT2D eigenvalue weighted by Gasteiger charge is 2.17. The van der Waals surface area contributed by atoms with Crippen LogP contribution in [0.15, 0.2) is 107 Å². The second kappa shape index (κ2) is 14.8. The quantitative estimate of drug-likeness (QED) is 0.302. The summed E-state index contributed by atoms with van der Waals surface area (Å²) in [6.07, 6.45) is 0. The molecule has 0 saturated carbocycles. The molecule has 2 saturated heterocycles. The number of hydrogen-bond acceptors (Lipinski definition) is 8. The van der Waals surface area contributed by atoms with Gasteiger partial charge in [0.1, 0.15) is 0 Å². The molecule has 0 unspecified atom stereocenters. The van der Waals surface area contributed by atoms with Crippen molar-refractivity contribution in [3.8, 4) is 0 Å². The van der Waals surface area contributed by atoms with Crippen LogP contribution in [-0.2, 0) is 19.1 Å². The Bertz CT molecular complexity index is 1890. The van der Waals surface area contributed by atoms with Crippen molar-refractivity contribution >= 4 is 34.6 Å². The van der Waals surface area contributed by atoms with E-state index in [4.69, 9.17) is 19.5 Å².